The smallest absolute Gasteiger partial charge is 0.326 e. The molecule has 0 aliphatic carbocycles. The van der Waals surface area contributed by atoms with Crippen molar-refractivity contribution in [1.82, 2.24) is 10.2 Å². The van der Waals surface area contributed by atoms with Gasteiger partial charge in [0.1, 0.15) is 6.04 Å². The highest BCUT2D eigenvalue weighted by atomic mass is 16.4. The first-order valence-electron chi connectivity index (χ1n) is 5.89. The van der Waals surface area contributed by atoms with Gasteiger partial charge in [0.05, 0.1) is 0 Å². The maximum atomic E-state index is 12.1. The molecule has 6 heteroatoms. The summed E-state index contributed by atoms with van der Waals surface area (Å²) in [5.74, 6) is -1.59. The Hall–Kier alpha value is -1.59. The molecule has 2 fully saturated rings. The topological polar surface area (TPSA) is 86.7 Å². The van der Waals surface area contributed by atoms with Crippen molar-refractivity contribution in [3.63, 3.8) is 0 Å². The number of piperidine rings is 1. The second-order valence-electron chi connectivity index (χ2n) is 4.57. The van der Waals surface area contributed by atoms with Crippen molar-refractivity contribution in [3.8, 4) is 0 Å². The molecule has 17 heavy (non-hydrogen) atoms. The Morgan fingerprint density at radius 2 is 2.12 bits per heavy atom. The highest BCUT2D eigenvalue weighted by Crippen LogP contribution is 2.23. The molecular weight excluding hydrogens is 224 g/mol. The number of nitrogens with zero attached hydrogens (tertiary/aromatic N) is 1. The number of carboxylic acid groups (broad SMARTS) is 1. The van der Waals surface area contributed by atoms with E-state index in [2.05, 4.69) is 5.32 Å². The maximum absolute atomic E-state index is 12.1. The van der Waals surface area contributed by atoms with E-state index in [0.29, 0.717) is 25.9 Å². The van der Waals surface area contributed by atoms with Crippen LogP contribution in [0.5, 0.6) is 0 Å². The van der Waals surface area contributed by atoms with E-state index in [0.717, 1.165) is 6.42 Å². The third-order valence-electron chi connectivity index (χ3n) is 3.42. The maximum Gasteiger partial charge on any atom is 0.326 e. The quantitative estimate of drug-likeness (QED) is 0.687. The summed E-state index contributed by atoms with van der Waals surface area (Å²) in [5.41, 5.74) is 0. The van der Waals surface area contributed by atoms with E-state index in [9.17, 15) is 14.4 Å². The Labute approximate surface area is 99.0 Å². The fourth-order valence-corrected chi connectivity index (χ4v) is 2.52. The summed E-state index contributed by atoms with van der Waals surface area (Å²) in [6.45, 7) is 0.995. The van der Waals surface area contributed by atoms with Crippen LogP contribution in [0.3, 0.4) is 0 Å². The minimum atomic E-state index is -0.948. The molecule has 0 aromatic rings. The number of carbonyl (C=O) groups excluding carboxylic acids is 2. The zero-order valence-electron chi connectivity index (χ0n) is 9.52. The molecule has 94 valence electrons. The van der Waals surface area contributed by atoms with Crippen LogP contribution in [0.15, 0.2) is 0 Å². The van der Waals surface area contributed by atoms with Gasteiger partial charge >= 0.3 is 5.97 Å². The van der Waals surface area contributed by atoms with Crippen LogP contribution >= 0.6 is 0 Å². The lowest BCUT2D eigenvalue weighted by Crippen LogP contribution is -2.47. The summed E-state index contributed by atoms with van der Waals surface area (Å²) in [4.78, 5) is 35.8. The second-order valence-corrected chi connectivity index (χ2v) is 4.57. The van der Waals surface area contributed by atoms with E-state index in [1.807, 2.05) is 0 Å². The first kappa shape index (κ1) is 11.9. The first-order chi connectivity index (χ1) is 8.09. The van der Waals surface area contributed by atoms with Gasteiger partial charge in [0.15, 0.2) is 0 Å². The minimum Gasteiger partial charge on any atom is -0.480 e. The molecule has 2 aliphatic rings. The summed E-state index contributed by atoms with van der Waals surface area (Å²) >= 11 is 0. The monoisotopic (exact) mass is 240 g/mol. The number of carboxylic acids is 1. The highest BCUT2D eigenvalue weighted by molar-refractivity contribution is 5.89. The summed E-state index contributed by atoms with van der Waals surface area (Å²) < 4.78 is 0. The van der Waals surface area contributed by atoms with Crippen molar-refractivity contribution in [2.75, 3.05) is 13.1 Å². The van der Waals surface area contributed by atoms with Crippen LogP contribution in [0.2, 0.25) is 0 Å². The molecule has 0 aromatic carbocycles. The molecule has 2 N–H and O–H groups in total. The Morgan fingerprint density at radius 3 is 2.76 bits per heavy atom. The minimum absolute atomic E-state index is 0.124. The Kier molecular flexibility index (Phi) is 3.31. The van der Waals surface area contributed by atoms with Gasteiger partial charge in [-0.3, -0.25) is 9.59 Å². The molecule has 2 amide bonds. The van der Waals surface area contributed by atoms with Crippen molar-refractivity contribution in [3.05, 3.63) is 0 Å². The highest BCUT2D eigenvalue weighted by Gasteiger charge is 2.38. The number of nitrogens with one attached hydrogen (secondary N) is 1. The van der Waals surface area contributed by atoms with Gasteiger partial charge in [0, 0.05) is 25.4 Å². The molecule has 0 spiro atoms. The van der Waals surface area contributed by atoms with E-state index in [1.54, 1.807) is 0 Å². The zero-order chi connectivity index (χ0) is 12.4. The lowest BCUT2D eigenvalue weighted by atomic mass is 9.95. The van der Waals surface area contributed by atoms with Crippen LogP contribution < -0.4 is 5.32 Å². The van der Waals surface area contributed by atoms with Crippen LogP contribution in [0.4, 0.5) is 0 Å². The molecule has 2 atom stereocenters. The van der Waals surface area contributed by atoms with Crippen LogP contribution in [0.25, 0.3) is 0 Å². The van der Waals surface area contributed by atoms with Gasteiger partial charge in [-0.25, -0.2) is 4.79 Å². The lowest BCUT2D eigenvalue weighted by Gasteiger charge is -2.28. The number of aliphatic carboxylic acids is 1. The Bertz CT molecular complexity index is 355. The second kappa shape index (κ2) is 4.73. The summed E-state index contributed by atoms with van der Waals surface area (Å²) in [6, 6.07) is -0.701. The van der Waals surface area contributed by atoms with Gasteiger partial charge < -0.3 is 15.3 Å². The predicted octanol–water partition coefficient (Wildman–Crippen LogP) is -0.412. The average molecular weight is 240 g/mol. The van der Waals surface area contributed by atoms with Crippen LogP contribution in [-0.4, -0.2) is 46.9 Å². The summed E-state index contributed by atoms with van der Waals surface area (Å²) in [6.07, 6.45) is 2.02. The van der Waals surface area contributed by atoms with Crippen molar-refractivity contribution >= 4 is 17.8 Å². The number of carbonyl (C=O) groups is 3. The molecule has 1 unspecified atom stereocenters. The fourth-order valence-electron chi connectivity index (χ4n) is 2.52. The van der Waals surface area contributed by atoms with Gasteiger partial charge in [-0.15, -0.1) is 0 Å². The lowest BCUT2D eigenvalue weighted by molar-refractivity contribution is -0.150. The van der Waals surface area contributed by atoms with Crippen LogP contribution in [-0.2, 0) is 14.4 Å². The van der Waals surface area contributed by atoms with Gasteiger partial charge in [0.25, 0.3) is 0 Å². The van der Waals surface area contributed by atoms with E-state index < -0.39 is 12.0 Å². The van der Waals surface area contributed by atoms with Crippen molar-refractivity contribution in [1.29, 1.82) is 0 Å². The van der Waals surface area contributed by atoms with Crippen LogP contribution in [0, 0.1) is 5.92 Å². The first-order valence-corrected chi connectivity index (χ1v) is 5.89. The van der Waals surface area contributed by atoms with Crippen molar-refractivity contribution in [2.45, 2.75) is 31.7 Å². The number of rotatable bonds is 2. The molecule has 2 rings (SSSR count). The molecular formula is C11H16N2O4. The molecule has 0 radical (unpaired) electrons. The fraction of sp³-hybridized carbons (Fsp3) is 0.727. The molecule has 6 nitrogen and oxygen atoms in total. The normalized spacial score (nSPS) is 28.9. The van der Waals surface area contributed by atoms with E-state index in [-0.39, 0.29) is 24.2 Å². The van der Waals surface area contributed by atoms with Crippen LogP contribution in [0.1, 0.15) is 25.7 Å². The largest absolute Gasteiger partial charge is 0.480 e. The van der Waals surface area contributed by atoms with Gasteiger partial charge in [0.2, 0.25) is 11.8 Å². The van der Waals surface area contributed by atoms with Gasteiger partial charge in [-0.1, -0.05) is 0 Å². The third kappa shape index (κ3) is 2.40. The third-order valence-corrected chi connectivity index (χ3v) is 3.42. The van der Waals surface area contributed by atoms with Gasteiger partial charge in [-0.2, -0.15) is 0 Å². The van der Waals surface area contributed by atoms with Gasteiger partial charge in [-0.05, 0) is 19.3 Å². The number of hydrogen-bond acceptors (Lipinski definition) is 3. The molecule has 0 saturated carbocycles. The van der Waals surface area contributed by atoms with Crippen molar-refractivity contribution < 1.29 is 19.5 Å². The molecule has 2 aliphatic heterocycles. The zero-order valence-corrected chi connectivity index (χ0v) is 9.52. The Balaban J connectivity index is 2.03. The number of hydrogen-bond donors (Lipinski definition) is 2. The van der Waals surface area contributed by atoms with E-state index in [1.165, 1.54) is 4.90 Å². The SMILES string of the molecule is O=C1CC(C(=O)N2CCC[C@@H]2C(=O)O)CCN1. The average Bonchev–Trinajstić information content (AvgIpc) is 2.77. The summed E-state index contributed by atoms with van der Waals surface area (Å²) in [7, 11) is 0. The van der Waals surface area contributed by atoms with Crippen molar-refractivity contribution in [2.24, 2.45) is 5.92 Å². The molecule has 0 aromatic heterocycles. The molecule has 0 bridgehead atoms. The summed E-state index contributed by atoms with van der Waals surface area (Å²) in [5, 5.41) is 11.7. The standard InChI is InChI=1S/C11H16N2O4/c14-9-6-7(3-4-12-9)10(15)13-5-1-2-8(13)11(16)17/h7-8H,1-6H2,(H,12,14)(H,16,17)/t7?,8-/m1/s1. The number of likely N-dealkylation sites (tertiary alicyclic amines) is 1. The molecule has 2 heterocycles. The van der Waals surface area contributed by atoms with E-state index >= 15 is 0 Å². The predicted molar refractivity (Wildman–Crippen MR) is 58.1 cm³/mol. The molecule has 2 saturated heterocycles. The number of amides is 2. The van der Waals surface area contributed by atoms with E-state index in [4.69, 9.17) is 5.11 Å². The Morgan fingerprint density at radius 1 is 1.35 bits per heavy atom.